The van der Waals surface area contributed by atoms with Crippen LogP contribution < -0.4 is 0 Å². The number of aromatic nitrogens is 4. The number of alkyl halides is 1. The summed E-state index contributed by atoms with van der Waals surface area (Å²) < 4.78 is 3.72. The fraction of sp³-hybridized carbons (Fsp3) is 0.231. The van der Waals surface area contributed by atoms with Crippen LogP contribution in [-0.4, -0.2) is 19.6 Å². The first-order valence-electron chi connectivity index (χ1n) is 5.74. The molecular formula is C13H13ClN4. The number of hydrogen-bond donors (Lipinski definition) is 0. The van der Waals surface area contributed by atoms with E-state index in [9.17, 15) is 0 Å². The van der Waals surface area contributed by atoms with Gasteiger partial charge in [-0.15, -0.1) is 11.6 Å². The van der Waals surface area contributed by atoms with Crippen LogP contribution in [0.4, 0.5) is 0 Å². The molecule has 0 amide bonds. The summed E-state index contributed by atoms with van der Waals surface area (Å²) in [5, 5.41) is 9.97. The number of halogens is 1. The van der Waals surface area contributed by atoms with Crippen molar-refractivity contribution in [3.63, 3.8) is 0 Å². The molecule has 18 heavy (non-hydrogen) atoms. The molecule has 0 aliphatic heterocycles. The number of hydrogen-bond acceptors (Lipinski definition) is 2. The summed E-state index contributed by atoms with van der Waals surface area (Å²) in [4.78, 5) is 0. The maximum Gasteiger partial charge on any atom is 0.157 e. The molecule has 2 heterocycles. The highest BCUT2D eigenvalue weighted by atomic mass is 35.5. The van der Waals surface area contributed by atoms with Gasteiger partial charge < -0.3 is 0 Å². The van der Waals surface area contributed by atoms with Gasteiger partial charge in [0.2, 0.25) is 0 Å². The highest BCUT2D eigenvalue weighted by Crippen LogP contribution is 2.23. The molecule has 0 spiro atoms. The molecule has 0 aliphatic carbocycles. The first-order chi connectivity index (χ1) is 8.72. The average molecular weight is 261 g/mol. The Bertz CT molecular complexity index is 711. The van der Waals surface area contributed by atoms with Gasteiger partial charge in [-0.1, -0.05) is 18.2 Å². The Labute approximate surface area is 110 Å². The molecule has 0 fully saturated rings. The molecule has 5 heteroatoms. The van der Waals surface area contributed by atoms with Crippen molar-refractivity contribution in [2.24, 2.45) is 7.05 Å². The molecule has 0 saturated heterocycles. The van der Waals surface area contributed by atoms with Crippen LogP contribution in [0.5, 0.6) is 0 Å². The maximum absolute atomic E-state index is 6.02. The first kappa shape index (κ1) is 11.3. The second-order valence-electron chi connectivity index (χ2n) is 4.26. The van der Waals surface area contributed by atoms with Crippen LogP contribution >= 0.6 is 11.6 Å². The normalized spacial score (nSPS) is 11.3. The first-order valence-corrected chi connectivity index (χ1v) is 6.27. The third-order valence-electron chi connectivity index (χ3n) is 3.12. The van der Waals surface area contributed by atoms with Gasteiger partial charge in [-0.2, -0.15) is 10.2 Å². The second kappa shape index (κ2) is 4.14. The van der Waals surface area contributed by atoms with E-state index in [0.29, 0.717) is 5.88 Å². The Balaban J connectivity index is 2.33. The van der Waals surface area contributed by atoms with Gasteiger partial charge in [-0.05, 0) is 13.0 Å². The number of nitrogens with zero attached hydrogens (tertiary/aromatic N) is 4. The van der Waals surface area contributed by atoms with E-state index in [2.05, 4.69) is 10.2 Å². The molecule has 0 radical (unpaired) electrons. The van der Waals surface area contributed by atoms with Gasteiger partial charge in [0, 0.05) is 18.0 Å². The minimum absolute atomic E-state index is 0.434. The lowest BCUT2D eigenvalue weighted by atomic mass is 10.2. The van der Waals surface area contributed by atoms with Crippen molar-refractivity contribution < 1.29 is 0 Å². The Kier molecular flexibility index (Phi) is 2.59. The molecule has 2 aromatic heterocycles. The number of para-hydroxylation sites is 1. The highest BCUT2D eigenvalue weighted by Gasteiger charge is 2.16. The Hall–Kier alpha value is -1.81. The smallest absolute Gasteiger partial charge is 0.157 e. The molecule has 0 atom stereocenters. The zero-order valence-electron chi connectivity index (χ0n) is 10.3. The van der Waals surface area contributed by atoms with Crippen LogP contribution in [0.1, 0.15) is 11.3 Å². The summed E-state index contributed by atoms with van der Waals surface area (Å²) in [6, 6.07) is 8.10. The zero-order chi connectivity index (χ0) is 12.7. The van der Waals surface area contributed by atoms with Gasteiger partial charge in [0.1, 0.15) is 0 Å². The molecule has 0 bridgehead atoms. The Morgan fingerprint density at radius 3 is 2.83 bits per heavy atom. The fourth-order valence-electron chi connectivity index (χ4n) is 2.25. The predicted molar refractivity (Wildman–Crippen MR) is 72.1 cm³/mol. The Morgan fingerprint density at radius 1 is 1.28 bits per heavy atom. The molecule has 0 N–H and O–H groups in total. The summed E-state index contributed by atoms with van der Waals surface area (Å²) >= 11 is 6.02. The van der Waals surface area contributed by atoms with Crippen molar-refractivity contribution in [1.82, 2.24) is 19.6 Å². The standard InChI is InChI=1S/C13H13ClN4/c1-9-11(7-14)13(17(2)16-9)18-12-6-4-3-5-10(12)8-15-18/h3-6,8H,7H2,1-2H3. The minimum Gasteiger partial charge on any atom is -0.250 e. The van der Waals surface area contributed by atoms with Crippen LogP contribution in [0.15, 0.2) is 30.5 Å². The summed E-state index contributed by atoms with van der Waals surface area (Å²) in [7, 11) is 1.91. The van der Waals surface area contributed by atoms with Crippen molar-refractivity contribution in [2.45, 2.75) is 12.8 Å². The predicted octanol–water partition coefficient (Wildman–Crippen LogP) is 2.81. The van der Waals surface area contributed by atoms with Gasteiger partial charge in [-0.3, -0.25) is 4.68 Å². The van der Waals surface area contributed by atoms with Crippen LogP contribution in [0, 0.1) is 6.92 Å². The van der Waals surface area contributed by atoms with E-state index in [4.69, 9.17) is 11.6 Å². The van der Waals surface area contributed by atoms with Crippen molar-refractivity contribution in [3.8, 4) is 5.82 Å². The topological polar surface area (TPSA) is 35.6 Å². The number of benzene rings is 1. The minimum atomic E-state index is 0.434. The molecule has 3 aromatic rings. The van der Waals surface area contributed by atoms with Crippen LogP contribution in [0.25, 0.3) is 16.7 Å². The van der Waals surface area contributed by atoms with Gasteiger partial charge in [0.25, 0.3) is 0 Å². The lowest BCUT2D eigenvalue weighted by Crippen LogP contribution is -2.06. The van der Waals surface area contributed by atoms with Gasteiger partial charge in [-0.25, -0.2) is 4.68 Å². The highest BCUT2D eigenvalue weighted by molar-refractivity contribution is 6.17. The summed E-state index contributed by atoms with van der Waals surface area (Å²) in [5.74, 6) is 1.37. The Morgan fingerprint density at radius 2 is 2.06 bits per heavy atom. The van der Waals surface area contributed by atoms with Crippen LogP contribution in [0.2, 0.25) is 0 Å². The third-order valence-corrected chi connectivity index (χ3v) is 3.39. The van der Waals surface area contributed by atoms with Gasteiger partial charge in [0.05, 0.1) is 23.3 Å². The van der Waals surface area contributed by atoms with E-state index in [1.807, 2.05) is 53.8 Å². The van der Waals surface area contributed by atoms with Crippen molar-refractivity contribution in [2.75, 3.05) is 0 Å². The fourth-order valence-corrected chi connectivity index (χ4v) is 2.56. The van der Waals surface area contributed by atoms with E-state index in [1.54, 1.807) is 0 Å². The number of rotatable bonds is 2. The van der Waals surface area contributed by atoms with Crippen molar-refractivity contribution in [1.29, 1.82) is 0 Å². The van der Waals surface area contributed by atoms with E-state index >= 15 is 0 Å². The quantitative estimate of drug-likeness (QED) is 0.664. The van der Waals surface area contributed by atoms with Gasteiger partial charge >= 0.3 is 0 Å². The molecular weight excluding hydrogens is 248 g/mol. The van der Waals surface area contributed by atoms with Crippen molar-refractivity contribution >= 4 is 22.5 Å². The largest absolute Gasteiger partial charge is 0.250 e. The van der Waals surface area contributed by atoms with Crippen molar-refractivity contribution in [3.05, 3.63) is 41.7 Å². The number of aryl methyl sites for hydroxylation is 2. The molecule has 92 valence electrons. The second-order valence-corrected chi connectivity index (χ2v) is 4.53. The molecule has 1 aromatic carbocycles. The monoisotopic (exact) mass is 260 g/mol. The van der Waals surface area contributed by atoms with E-state index < -0.39 is 0 Å². The molecule has 0 aliphatic rings. The van der Waals surface area contributed by atoms with Crippen LogP contribution in [0.3, 0.4) is 0 Å². The van der Waals surface area contributed by atoms with Gasteiger partial charge in [0.15, 0.2) is 5.82 Å². The molecule has 0 unspecified atom stereocenters. The lowest BCUT2D eigenvalue weighted by molar-refractivity contribution is 0.701. The molecule has 3 rings (SSSR count). The summed E-state index contributed by atoms with van der Waals surface area (Å²) in [6.45, 7) is 1.97. The van der Waals surface area contributed by atoms with E-state index in [-0.39, 0.29) is 0 Å². The summed E-state index contributed by atoms with van der Waals surface area (Å²) in [6.07, 6.45) is 1.86. The SMILES string of the molecule is Cc1nn(C)c(-n2ncc3ccccc32)c1CCl. The van der Waals surface area contributed by atoms with Crippen LogP contribution in [-0.2, 0) is 12.9 Å². The third kappa shape index (κ3) is 1.53. The maximum atomic E-state index is 6.02. The average Bonchev–Trinajstić information content (AvgIpc) is 2.89. The lowest BCUT2D eigenvalue weighted by Gasteiger charge is -2.06. The molecule has 0 saturated carbocycles. The van der Waals surface area contributed by atoms with E-state index in [0.717, 1.165) is 28.0 Å². The van der Waals surface area contributed by atoms with E-state index in [1.165, 1.54) is 0 Å². The number of fused-ring (bicyclic) bond motifs is 1. The molecule has 4 nitrogen and oxygen atoms in total. The summed E-state index contributed by atoms with van der Waals surface area (Å²) in [5.41, 5.74) is 3.03. The zero-order valence-corrected chi connectivity index (χ0v) is 11.0.